The number of amides is 2. The van der Waals surface area contributed by atoms with E-state index in [0.717, 1.165) is 17.1 Å². The Morgan fingerprint density at radius 1 is 1.21 bits per heavy atom. The first-order valence-electron chi connectivity index (χ1n) is 11.1. The van der Waals surface area contributed by atoms with E-state index in [-0.39, 0.29) is 17.9 Å². The molecule has 0 spiro atoms. The first-order valence-corrected chi connectivity index (χ1v) is 11.1. The number of nitrogens with one attached hydrogen (secondary N) is 2. The van der Waals surface area contributed by atoms with Crippen LogP contribution in [0.15, 0.2) is 40.9 Å². The number of pyridine rings is 1. The largest absolute Gasteiger partial charge is 0.479 e. The van der Waals surface area contributed by atoms with Crippen molar-refractivity contribution in [3.05, 3.63) is 53.6 Å². The zero-order chi connectivity index (χ0) is 24.1. The lowest BCUT2D eigenvalue weighted by atomic mass is 10.1. The molecule has 0 fully saturated rings. The van der Waals surface area contributed by atoms with Crippen LogP contribution in [0.5, 0.6) is 5.75 Å². The first kappa shape index (κ1) is 21.7. The van der Waals surface area contributed by atoms with E-state index in [1.165, 1.54) is 0 Å². The lowest BCUT2D eigenvalue weighted by Gasteiger charge is -2.23. The summed E-state index contributed by atoms with van der Waals surface area (Å²) < 4.78 is 13.1. The molecular weight excluding hydrogens is 434 g/mol. The Kier molecular flexibility index (Phi) is 5.11. The fourth-order valence-electron chi connectivity index (χ4n) is 4.09. The molecule has 0 radical (unpaired) electrons. The highest BCUT2D eigenvalue weighted by Gasteiger charge is 2.24. The Bertz CT molecular complexity index is 1450. The normalized spacial score (nSPS) is 15.2. The number of furan rings is 1. The summed E-state index contributed by atoms with van der Waals surface area (Å²) in [6.45, 7) is 9.45. The van der Waals surface area contributed by atoms with Gasteiger partial charge in [0.15, 0.2) is 11.8 Å². The summed E-state index contributed by atoms with van der Waals surface area (Å²) in [5, 5.41) is 10.8. The molecule has 0 aliphatic carbocycles. The second-order valence-electron chi connectivity index (χ2n) is 8.72. The predicted molar refractivity (Wildman–Crippen MR) is 128 cm³/mol. The van der Waals surface area contributed by atoms with Crippen molar-refractivity contribution >= 4 is 34.2 Å². The van der Waals surface area contributed by atoms with Crippen molar-refractivity contribution in [2.24, 2.45) is 0 Å². The van der Waals surface area contributed by atoms with Gasteiger partial charge in [-0.1, -0.05) is 0 Å². The van der Waals surface area contributed by atoms with Crippen LogP contribution in [0.1, 0.15) is 48.7 Å². The highest BCUT2D eigenvalue weighted by Crippen LogP contribution is 2.33. The van der Waals surface area contributed by atoms with Gasteiger partial charge in [-0.25, -0.2) is 9.67 Å². The molecule has 9 heteroatoms. The third-order valence-corrected chi connectivity index (χ3v) is 5.79. The molecule has 5 rings (SSSR count). The number of nitrogens with zero attached hydrogens (tertiary/aromatic N) is 3. The molecule has 3 aromatic heterocycles. The fraction of sp³-hybridized carbons (Fsp3) is 0.280. The van der Waals surface area contributed by atoms with Gasteiger partial charge < -0.3 is 19.8 Å². The van der Waals surface area contributed by atoms with E-state index in [1.807, 2.05) is 33.8 Å². The average Bonchev–Trinajstić information content (AvgIpc) is 3.36. The van der Waals surface area contributed by atoms with Gasteiger partial charge in [-0.05, 0) is 65.0 Å². The zero-order valence-electron chi connectivity index (χ0n) is 19.6. The highest BCUT2D eigenvalue weighted by atomic mass is 16.5. The van der Waals surface area contributed by atoms with Crippen molar-refractivity contribution < 1.29 is 18.7 Å². The van der Waals surface area contributed by atoms with Crippen LogP contribution in [-0.2, 0) is 4.79 Å². The molecule has 2 N–H and O–H groups in total. The van der Waals surface area contributed by atoms with E-state index in [4.69, 9.17) is 14.1 Å². The van der Waals surface area contributed by atoms with Crippen LogP contribution in [0.2, 0.25) is 0 Å². The van der Waals surface area contributed by atoms with Crippen molar-refractivity contribution in [1.29, 1.82) is 0 Å². The summed E-state index contributed by atoms with van der Waals surface area (Å²) in [6.07, 6.45) is 1.10. The van der Waals surface area contributed by atoms with Gasteiger partial charge in [-0.3, -0.25) is 9.59 Å². The average molecular weight is 460 g/mol. The molecule has 174 valence electrons. The molecule has 4 heterocycles. The molecule has 4 aromatic rings. The van der Waals surface area contributed by atoms with Gasteiger partial charge in [0.2, 0.25) is 0 Å². The molecule has 0 bridgehead atoms. The maximum Gasteiger partial charge on any atom is 0.265 e. The number of aryl methyl sites for hydroxylation is 2. The van der Waals surface area contributed by atoms with Crippen LogP contribution in [0.4, 0.5) is 11.4 Å². The molecule has 34 heavy (non-hydrogen) atoms. The van der Waals surface area contributed by atoms with E-state index in [9.17, 15) is 9.59 Å². The third kappa shape index (κ3) is 3.68. The quantitative estimate of drug-likeness (QED) is 0.451. The second kappa shape index (κ2) is 8.02. The molecule has 1 unspecified atom stereocenters. The monoisotopic (exact) mass is 459 g/mol. The minimum atomic E-state index is -0.566. The van der Waals surface area contributed by atoms with E-state index >= 15 is 0 Å². The van der Waals surface area contributed by atoms with Crippen LogP contribution in [0.3, 0.4) is 0 Å². The zero-order valence-corrected chi connectivity index (χ0v) is 19.6. The van der Waals surface area contributed by atoms with Gasteiger partial charge in [0.25, 0.3) is 11.8 Å². The maximum absolute atomic E-state index is 13.4. The minimum Gasteiger partial charge on any atom is -0.479 e. The number of carbonyl (C=O) groups is 2. The molecule has 1 aromatic carbocycles. The number of hydrogen-bond donors (Lipinski definition) is 2. The van der Waals surface area contributed by atoms with E-state index in [0.29, 0.717) is 39.4 Å². The molecule has 1 aliphatic heterocycles. The van der Waals surface area contributed by atoms with Crippen molar-refractivity contribution in [2.75, 3.05) is 10.6 Å². The summed E-state index contributed by atoms with van der Waals surface area (Å²) in [5.74, 6) is 1.51. The van der Waals surface area contributed by atoms with Crippen LogP contribution >= 0.6 is 0 Å². The smallest absolute Gasteiger partial charge is 0.265 e. The van der Waals surface area contributed by atoms with Crippen molar-refractivity contribution in [2.45, 2.75) is 46.8 Å². The lowest BCUT2D eigenvalue weighted by molar-refractivity contribution is -0.122. The van der Waals surface area contributed by atoms with Crippen molar-refractivity contribution in [1.82, 2.24) is 14.8 Å². The molecule has 2 amide bonds. The Morgan fingerprint density at radius 3 is 2.71 bits per heavy atom. The van der Waals surface area contributed by atoms with E-state index in [2.05, 4.69) is 15.7 Å². The summed E-state index contributed by atoms with van der Waals surface area (Å²) in [5.41, 5.74) is 3.56. The molecular formula is C25H25N5O4. The minimum absolute atomic E-state index is 0.0648. The number of ether oxygens (including phenoxy) is 1. The molecule has 1 aliphatic rings. The molecule has 1 atom stereocenters. The topological polar surface area (TPSA) is 111 Å². The second-order valence-corrected chi connectivity index (χ2v) is 8.72. The van der Waals surface area contributed by atoms with Gasteiger partial charge in [-0.2, -0.15) is 5.10 Å². The van der Waals surface area contributed by atoms with Crippen LogP contribution in [0.25, 0.3) is 22.3 Å². The predicted octanol–water partition coefficient (Wildman–Crippen LogP) is 4.86. The van der Waals surface area contributed by atoms with Crippen molar-refractivity contribution in [3.8, 4) is 17.0 Å². The summed E-state index contributed by atoms with van der Waals surface area (Å²) in [6, 6.07) is 8.87. The number of aromatic nitrogens is 3. The number of carbonyl (C=O) groups excluding carboxylic acids is 2. The SMILES string of the molecule is Cc1cc(-c2cc(C(=O)Nc3ccc4c(c3)NC(=O)C(C)O4)c3cnn(C(C)C)c3n2)c(C)o1. The summed E-state index contributed by atoms with van der Waals surface area (Å²) in [7, 11) is 0. The molecule has 0 saturated carbocycles. The molecule has 0 saturated heterocycles. The fourth-order valence-corrected chi connectivity index (χ4v) is 4.09. The number of benzene rings is 1. The Balaban J connectivity index is 1.56. The number of fused-ring (bicyclic) bond motifs is 2. The van der Waals surface area contributed by atoms with Gasteiger partial charge in [0, 0.05) is 17.3 Å². The Hall–Kier alpha value is -4.14. The van der Waals surface area contributed by atoms with Crippen LogP contribution in [-0.4, -0.2) is 32.7 Å². The van der Waals surface area contributed by atoms with Gasteiger partial charge in [0.05, 0.1) is 28.5 Å². The number of anilines is 2. The van der Waals surface area contributed by atoms with Crippen LogP contribution < -0.4 is 15.4 Å². The number of rotatable bonds is 4. The van der Waals surface area contributed by atoms with E-state index in [1.54, 1.807) is 42.1 Å². The summed E-state index contributed by atoms with van der Waals surface area (Å²) in [4.78, 5) is 30.2. The van der Waals surface area contributed by atoms with Gasteiger partial charge >= 0.3 is 0 Å². The van der Waals surface area contributed by atoms with E-state index < -0.39 is 6.10 Å². The maximum atomic E-state index is 13.4. The standard InChI is InChI=1S/C25H25N5O4/c1-12(2)30-23-19(11-26-30)18(10-20(28-23)17-8-13(3)33-14(17)4)25(32)27-16-6-7-22-21(9-16)29-24(31)15(5)34-22/h6-12,15H,1-5H3,(H,27,32)(H,29,31). The Labute approximate surface area is 196 Å². The van der Waals surface area contributed by atoms with Gasteiger partial charge in [0.1, 0.15) is 17.3 Å². The van der Waals surface area contributed by atoms with Crippen LogP contribution in [0, 0.1) is 13.8 Å². The first-order chi connectivity index (χ1) is 16.2. The lowest BCUT2D eigenvalue weighted by Crippen LogP contribution is -2.34. The summed E-state index contributed by atoms with van der Waals surface area (Å²) >= 11 is 0. The number of hydrogen-bond acceptors (Lipinski definition) is 6. The third-order valence-electron chi connectivity index (χ3n) is 5.79. The highest BCUT2D eigenvalue weighted by molar-refractivity contribution is 6.13. The Morgan fingerprint density at radius 2 is 2.00 bits per heavy atom. The van der Waals surface area contributed by atoms with Crippen molar-refractivity contribution in [3.63, 3.8) is 0 Å². The molecule has 9 nitrogen and oxygen atoms in total. The van der Waals surface area contributed by atoms with Gasteiger partial charge in [-0.15, -0.1) is 0 Å².